The Kier molecular flexibility index (Phi) is 4.99. The molecule has 1 aromatic rings. The normalized spacial score (nSPS) is 15.4. The molecule has 0 bridgehead atoms. The van der Waals surface area contributed by atoms with Gasteiger partial charge >= 0.3 is 0 Å². The third-order valence-electron chi connectivity index (χ3n) is 2.13. The summed E-state index contributed by atoms with van der Waals surface area (Å²) in [6.45, 7) is 0.419. The maximum atomic E-state index is 11.9. The number of rotatable bonds is 5. The molecule has 102 valence electrons. The van der Waals surface area contributed by atoms with E-state index >= 15 is 0 Å². The molecule has 3 N–H and O–H groups in total. The van der Waals surface area contributed by atoms with Gasteiger partial charge in [0.15, 0.2) is 0 Å². The molecule has 0 fully saturated rings. The predicted molar refractivity (Wildman–Crippen MR) is 69.4 cm³/mol. The molecular weight excluding hydrogens is 301 g/mol. The third kappa shape index (κ3) is 4.38. The second-order valence-electron chi connectivity index (χ2n) is 4.08. The average Bonchev–Trinajstić information content (AvgIpc) is 2.25. The van der Waals surface area contributed by atoms with Crippen LogP contribution in [-0.4, -0.2) is 37.4 Å². The molecule has 0 heterocycles. The first kappa shape index (κ1) is 15.7. The minimum Gasteiger partial charge on any atom is -0.393 e. The van der Waals surface area contributed by atoms with Gasteiger partial charge in [-0.2, -0.15) is 0 Å². The van der Waals surface area contributed by atoms with Gasteiger partial charge in [-0.25, -0.2) is 13.1 Å². The molecule has 0 amide bonds. The fourth-order valence-electron chi connectivity index (χ4n) is 1.07. The fraction of sp³-hybridized carbons (Fsp3) is 0.400. The Balaban J connectivity index is 2.93. The van der Waals surface area contributed by atoms with E-state index in [0.717, 1.165) is 0 Å². The van der Waals surface area contributed by atoms with E-state index in [4.69, 9.17) is 28.3 Å². The summed E-state index contributed by atoms with van der Waals surface area (Å²) in [7, 11) is -3.84. The molecule has 0 aliphatic heterocycles. The highest BCUT2D eigenvalue weighted by Gasteiger charge is 2.23. The lowest BCUT2D eigenvalue weighted by molar-refractivity contribution is 0.00681. The smallest absolute Gasteiger partial charge is 0.240 e. The molecule has 0 saturated carbocycles. The molecule has 8 heteroatoms. The topological polar surface area (TPSA) is 86.6 Å². The zero-order valence-corrected chi connectivity index (χ0v) is 11.8. The number of hydrogen-bond donors (Lipinski definition) is 3. The van der Waals surface area contributed by atoms with Crippen molar-refractivity contribution in [2.45, 2.75) is 17.4 Å². The first-order chi connectivity index (χ1) is 8.16. The van der Waals surface area contributed by atoms with Crippen molar-refractivity contribution in [3.63, 3.8) is 0 Å². The summed E-state index contributed by atoms with van der Waals surface area (Å²) in [4.78, 5) is -0.103. The number of aliphatic hydroxyl groups is 2. The number of nitrogens with one attached hydrogen (secondary N) is 1. The van der Waals surface area contributed by atoms with Crippen molar-refractivity contribution in [1.29, 1.82) is 0 Å². The van der Waals surface area contributed by atoms with Crippen LogP contribution in [0.4, 0.5) is 0 Å². The fourth-order valence-corrected chi connectivity index (χ4v) is 2.96. The molecule has 0 aliphatic carbocycles. The Bertz CT molecular complexity index is 510. The van der Waals surface area contributed by atoms with E-state index in [9.17, 15) is 13.5 Å². The van der Waals surface area contributed by atoms with Gasteiger partial charge in [0.25, 0.3) is 0 Å². The van der Waals surface area contributed by atoms with Gasteiger partial charge in [0.2, 0.25) is 10.0 Å². The van der Waals surface area contributed by atoms with Crippen LogP contribution in [0, 0.1) is 0 Å². The summed E-state index contributed by atoms with van der Waals surface area (Å²) >= 11 is 11.4. The van der Waals surface area contributed by atoms with Gasteiger partial charge in [0, 0.05) is 16.6 Å². The second-order valence-corrected chi connectivity index (χ2v) is 6.72. The first-order valence-electron chi connectivity index (χ1n) is 4.95. The quantitative estimate of drug-likeness (QED) is 0.757. The number of sulfonamides is 1. The molecular formula is C10H13Cl2NO4S. The third-order valence-corrected chi connectivity index (χ3v) is 3.95. The average molecular weight is 314 g/mol. The predicted octanol–water partition coefficient (Wildman–Crippen LogP) is 1.02. The number of benzene rings is 1. The minimum absolute atomic E-state index is 0.103. The van der Waals surface area contributed by atoms with E-state index in [2.05, 4.69) is 4.72 Å². The number of aliphatic hydroxyl groups excluding tert-OH is 1. The molecule has 0 aliphatic rings. The largest absolute Gasteiger partial charge is 0.393 e. The van der Waals surface area contributed by atoms with Gasteiger partial charge in [-0.15, -0.1) is 0 Å². The maximum absolute atomic E-state index is 11.9. The van der Waals surface area contributed by atoms with Crippen LogP contribution in [0.2, 0.25) is 10.0 Å². The van der Waals surface area contributed by atoms with Crippen molar-refractivity contribution in [1.82, 2.24) is 4.72 Å². The Hall–Kier alpha value is -0.370. The monoisotopic (exact) mass is 313 g/mol. The molecule has 0 spiro atoms. The minimum atomic E-state index is -3.84. The van der Waals surface area contributed by atoms with Crippen molar-refractivity contribution in [2.75, 3.05) is 13.2 Å². The van der Waals surface area contributed by atoms with Crippen LogP contribution >= 0.6 is 23.2 Å². The molecule has 1 aromatic carbocycles. The number of halogens is 2. The Morgan fingerprint density at radius 1 is 1.28 bits per heavy atom. The van der Waals surface area contributed by atoms with E-state index in [-0.39, 0.29) is 21.5 Å². The summed E-state index contributed by atoms with van der Waals surface area (Å²) in [6.07, 6.45) is 0. The summed E-state index contributed by atoms with van der Waals surface area (Å²) < 4.78 is 25.9. The van der Waals surface area contributed by atoms with Crippen molar-refractivity contribution in [3.05, 3.63) is 28.2 Å². The number of hydrogen-bond acceptors (Lipinski definition) is 4. The summed E-state index contributed by atoms with van der Waals surface area (Å²) in [6, 6.07) is 3.89. The van der Waals surface area contributed by atoms with Gasteiger partial charge in [0.05, 0.1) is 17.1 Å². The van der Waals surface area contributed by atoms with Crippen LogP contribution in [-0.2, 0) is 10.0 Å². The highest BCUT2D eigenvalue weighted by molar-refractivity contribution is 7.89. The van der Waals surface area contributed by atoms with Gasteiger partial charge in [-0.3, -0.25) is 0 Å². The molecule has 0 saturated heterocycles. The van der Waals surface area contributed by atoms with Gasteiger partial charge < -0.3 is 10.2 Å². The molecule has 0 aromatic heterocycles. The molecule has 1 unspecified atom stereocenters. The molecule has 1 atom stereocenters. The van der Waals surface area contributed by atoms with Gasteiger partial charge in [-0.1, -0.05) is 23.2 Å². The van der Waals surface area contributed by atoms with Crippen LogP contribution in [0.5, 0.6) is 0 Å². The van der Waals surface area contributed by atoms with E-state index in [1.165, 1.54) is 25.1 Å². The SMILES string of the molecule is CC(O)(CO)CNS(=O)(=O)c1cc(Cl)cc(Cl)c1. The van der Waals surface area contributed by atoms with Crippen LogP contribution in [0.3, 0.4) is 0 Å². The van der Waals surface area contributed by atoms with Gasteiger partial charge in [0.1, 0.15) is 0 Å². The van der Waals surface area contributed by atoms with Crippen LogP contribution in [0.15, 0.2) is 23.1 Å². The lowest BCUT2D eigenvalue weighted by Gasteiger charge is -2.20. The molecule has 0 radical (unpaired) electrons. The zero-order valence-electron chi connectivity index (χ0n) is 9.52. The van der Waals surface area contributed by atoms with E-state index in [1.807, 2.05) is 0 Å². The lowest BCUT2D eigenvalue weighted by atomic mass is 10.1. The van der Waals surface area contributed by atoms with E-state index in [0.29, 0.717) is 0 Å². The summed E-state index contributed by atoms with van der Waals surface area (Å²) in [5.41, 5.74) is -1.53. The van der Waals surface area contributed by atoms with E-state index < -0.39 is 22.2 Å². The van der Waals surface area contributed by atoms with Gasteiger partial charge in [-0.05, 0) is 25.1 Å². The van der Waals surface area contributed by atoms with Crippen LogP contribution < -0.4 is 4.72 Å². The van der Waals surface area contributed by atoms with Crippen LogP contribution in [0.25, 0.3) is 0 Å². The Morgan fingerprint density at radius 3 is 2.22 bits per heavy atom. The van der Waals surface area contributed by atoms with E-state index in [1.54, 1.807) is 0 Å². The summed E-state index contributed by atoms with van der Waals surface area (Å²) in [5.74, 6) is 0. The maximum Gasteiger partial charge on any atom is 0.240 e. The molecule has 5 nitrogen and oxygen atoms in total. The van der Waals surface area contributed by atoms with Crippen molar-refractivity contribution in [2.24, 2.45) is 0 Å². The van der Waals surface area contributed by atoms with Crippen LogP contribution in [0.1, 0.15) is 6.92 Å². The van der Waals surface area contributed by atoms with Crippen molar-refractivity contribution < 1.29 is 18.6 Å². The standard InChI is InChI=1S/C10H13Cl2NO4S/c1-10(15,6-14)5-13-18(16,17)9-3-7(11)2-8(12)4-9/h2-4,13-15H,5-6H2,1H3. The first-order valence-corrected chi connectivity index (χ1v) is 7.19. The van der Waals surface area contributed by atoms with Crippen molar-refractivity contribution >= 4 is 33.2 Å². The molecule has 1 rings (SSSR count). The second kappa shape index (κ2) is 5.73. The highest BCUT2D eigenvalue weighted by Crippen LogP contribution is 2.22. The Labute approximate surface area is 115 Å². The summed E-state index contributed by atoms with van der Waals surface area (Å²) in [5, 5.41) is 18.7. The lowest BCUT2D eigenvalue weighted by Crippen LogP contribution is -2.43. The zero-order chi connectivity index (χ0) is 14.0. The van der Waals surface area contributed by atoms with Crippen molar-refractivity contribution in [3.8, 4) is 0 Å². The highest BCUT2D eigenvalue weighted by atomic mass is 35.5. The molecule has 18 heavy (non-hydrogen) atoms. The Morgan fingerprint density at radius 2 is 1.78 bits per heavy atom.